The number of carbonyl (C=O) groups is 1. The van der Waals surface area contributed by atoms with E-state index in [-0.39, 0.29) is 17.1 Å². The van der Waals surface area contributed by atoms with Gasteiger partial charge in [-0.3, -0.25) is 10.1 Å². The molecule has 0 heterocycles. The van der Waals surface area contributed by atoms with E-state index in [0.29, 0.717) is 0 Å². The highest BCUT2D eigenvalue weighted by Crippen LogP contribution is 2.23. The topological polar surface area (TPSA) is 92.5 Å². The molecule has 0 radical (unpaired) electrons. The number of carboxylic acid groups (broad SMARTS) is 1. The summed E-state index contributed by atoms with van der Waals surface area (Å²) in [5.74, 6) is -1.06. The Morgan fingerprint density at radius 2 is 2.19 bits per heavy atom. The average molecular weight is 242 g/mol. The monoisotopic (exact) mass is 242 g/mol. The van der Waals surface area contributed by atoms with Crippen molar-refractivity contribution < 1.29 is 14.8 Å². The fourth-order valence-electron chi connectivity index (χ4n) is 1.13. The van der Waals surface area contributed by atoms with Crippen LogP contribution in [0.25, 0.3) is 0 Å². The first-order chi connectivity index (χ1) is 7.56. The molecule has 0 bridgehead atoms. The summed E-state index contributed by atoms with van der Waals surface area (Å²) in [5.41, 5.74) is 0.0180. The summed E-state index contributed by atoms with van der Waals surface area (Å²) in [6, 6.07) is 4.91. The molecule has 16 heavy (non-hydrogen) atoms. The molecule has 0 aliphatic heterocycles. The van der Waals surface area contributed by atoms with Gasteiger partial charge in [0.05, 0.1) is 4.92 Å². The second-order valence-corrected chi connectivity index (χ2v) is 3.36. The van der Waals surface area contributed by atoms with Crippen LogP contribution in [0.1, 0.15) is 0 Å². The summed E-state index contributed by atoms with van der Waals surface area (Å²) >= 11 is 3.86. The minimum Gasteiger partial charge on any atom is -0.480 e. The second-order valence-electron chi connectivity index (χ2n) is 2.99. The van der Waals surface area contributed by atoms with E-state index in [0.717, 1.165) is 0 Å². The summed E-state index contributed by atoms with van der Waals surface area (Å²) in [4.78, 5) is 20.8. The van der Waals surface area contributed by atoms with Crippen molar-refractivity contribution in [3.8, 4) is 0 Å². The van der Waals surface area contributed by atoms with Gasteiger partial charge in [-0.1, -0.05) is 12.1 Å². The predicted octanol–water partition coefficient (Wildman–Crippen LogP) is 1.39. The number of carboxylic acids is 1. The van der Waals surface area contributed by atoms with Gasteiger partial charge in [-0.2, -0.15) is 12.6 Å². The molecule has 6 nitrogen and oxygen atoms in total. The van der Waals surface area contributed by atoms with E-state index >= 15 is 0 Å². The SMILES string of the molecule is O=C(O)C(CS)Nc1ccccc1[N+](=O)[O-]. The number of nitro groups is 1. The van der Waals surface area contributed by atoms with Gasteiger partial charge in [0.1, 0.15) is 11.7 Å². The van der Waals surface area contributed by atoms with Crippen LogP contribution in [-0.4, -0.2) is 27.8 Å². The number of para-hydroxylation sites is 2. The standard InChI is InChI=1S/C9H10N2O4S/c12-9(13)7(5-16)10-6-3-1-2-4-8(6)11(14)15/h1-4,7,10,16H,5H2,(H,12,13). The molecule has 0 aliphatic carbocycles. The molecule has 2 N–H and O–H groups in total. The first-order valence-corrected chi connectivity index (χ1v) is 5.03. The van der Waals surface area contributed by atoms with E-state index in [1.807, 2.05) is 0 Å². The Labute approximate surface area is 96.8 Å². The van der Waals surface area contributed by atoms with Crippen molar-refractivity contribution in [3.63, 3.8) is 0 Å². The number of aliphatic carboxylic acids is 1. The molecule has 1 unspecified atom stereocenters. The molecule has 86 valence electrons. The highest BCUT2D eigenvalue weighted by Gasteiger charge is 2.19. The molecule has 0 saturated carbocycles. The number of rotatable bonds is 5. The van der Waals surface area contributed by atoms with Gasteiger partial charge in [-0.25, -0.2) is 4.79 Å². The Morgan fingerprint density at radius 3 is 2.69 bits per heavy atom. The van der Waals surface area contributed by atoms with Crippen LogP contribution in [0.15, 0.2) is 24.3 Å². The molecule has 0 aliphatic rings. The zero-order valence-corrected chi connectivity index (χ0v) is 9.05. The lowest BCUT2D eigenvalue weighted by atomic mass is 10.2. The lowest BCUT2D eigenvalue weighted by molar-refractivity contribution is -0.384. The van der Waals surface area contributed by atoms with E-state index in [4.69, 9.17) is 5.11 Å². The third-order valence-electron chi connectivity index (χ3n) is 1.91. The summed E-state index contributed by atoms with van der Waals surface area (Å²) in [5, 5.41) is 22.0. The van der Waals surface area contributed by atoms with E-state index in [2.05, 4.69) is 17.9 Å². The minimum absolute atomic E-state index is 0.0430. The van der Waals surface area contributed by atoms with Crippen molar-refractivity contribution in [3.05, 3.63) is 34.4 Å². The van der Waals surface area contributed by atoms with E-state index in [1.54, 1.807) is 6.07 Å². The predicted molar refractivity (Wildman–Crippen MR) is 62.0 cm³/mol. The van der Waals surface area contributed by atoms with Crippen LogP contribution in [0.5, 0.6) is 0 Å². The number of hydrogen-bond acceptors (Lipinski definition) is 5. The molecular weight excluding hydrogens is 232 g/mol. The fraction of sp³-hybridized carbons (Fsp3) is 0.222. The Kier molecular flexibility index (Phi) is 4.12. The maximum Gasteiger partial charge on any atom is 0.326 e. The average Bonchev–Trinajstić information content (AvgIpc) is 2.25. The van der Waals surface area contributed by atoms with Gasteiger partial charge in [0, 0.05) is 11.8 Å². The Bertz CT molecular complexity index is 410. The molecular formula is C9H10N2O4S. The molecule has 0 amide bonds. The van der Waals surface area contributed by atoms with Crippen molar-refractivity contribution >= 4 is 30.0 Å². The maximum absolute atomic E-state index is 10.7. The first-order valence-electron chi connectivity index (χ1n) is 4.40. The first kappa shape index (κ1) is 12.3. The van der Waals surface area contributed by atoms with Crippen molar-refractivity contribution in [2.24, 2.45) is 0 Å². The third-order valence-corrected chi connectivity index (χ3v) is 2.28. The summed E-state index contributed by atoms with van der Waals surface area (Å²) in [6.45, 7) is 0. The molecule has 1 aromatic carbocycles. The van der Waals surface area contributed by atoms with E-state index in [9.17, 15) is 14.9 Å². The minimum atomic E-state index is -1.10. The van der Waals surface area contributed by atoms with Crippen molar-refractivity contribution in [2.45, 2.75) is 6.04 Å². The normalized spacial score (nSPS) is 11.8. The van der Waals surface area contributed by atoms with Gasteiger partial charge in [-0.05, 0) is 6.07 Å². The number of nitrogens with one attached hydrogen (secondary N) is 1. The van der Waals surface area contributed by atoms with Crippen LogP contribution in [0, 0.1) is 10.1 Å². The molecule has 1 aromatic rings. The molecule has 0 aromatic heterocycles. The molecule has 0 fully saturated rings. The van der Waals surface area contributed by atoms with Crippen LogP contribution in [0.2, 0.25) is 0 Å². The van der Waals surface area contributed by atoms with E-state index in [1.165, 1.54) is 18.2 Å². The summed E-state index contributed by atoms with van der Waals surface area (Å²) in [6.07, 6.45) is 0. The lowest BCUT2D eigenvalue weighted by Gasteiger charge is -2.12. The summed E-state index contributed by atoms with van der Waals surface area (Å²) in [7, 11) is 0. The smallest absolute Gasteiger partial charge is 0.326 e. The largest absolute Gasteiger partial charge is 0.480 e. The van der Waals surface area contributed by atoms with Crippen LogP contribution >= 0.6 is 12.6 Å². The highest BCUT2D eigenvalue weighted by molar-refractivity contribution is 7.80. The fourth-order valence-corrected chi connectivity index (χ4v) is 1.38. The summed E-state index contributed by atoms with van der Waals surface area (Å²) < 4.78 is 0. The number of benzene rings is 1. The molecule has 1 rings (SSSR count). The Hall–Kier alpha value is -1.76. The van der Waals surface area contributed by atoms with Crippen LogP contribution in [0.4, 0.5) is 11.4 Å². The molecule has 0 saturated heterocycles. The molecule has 7 heteroatoms. The zero-order chi connectivity index (χ0) is 12.1. The van der Waals surface area contributed by atoms with Crippen molar-refractivity contribution in [1.29, 1.82) is 0 Å². The van der Waals surface area contributed by atoms with Crippen LogP contribution in [0.3, 0.4) is 0 Å². The quantitative estimate of drug-likeness (QED) is 0.412. The Balaban J connectivity index is 2.95. The van der Waals surface area contributed by atoms with Gasteiger partial charge in [0.25, 0.3) is 5.69 Å². The van der Waals surface area contributed by atoms with Crippen molar-refractivity contribution in [1.82, 2.24) is 0 Å². The van der Waals surface area contributed by atoms with Crippen LogP contribution < -0.4 is 5.32 Å². The number of hydrogen-bond donors (Lipinski definition) is 3. The van der Waals surface area contributed by atoms with E-state index < -0.39 is 16.9 Å². The lowest BCUT2D eigenvalue weighted by Crippen LogP contribution is -2.31. The Morgan fingerprint density at radius 1 is 1.56 bits per heavy atom. The number of anilines is 1. The number of thiol groups is 1. The number of nitrogens with zero attached hydrogens (tertiary/aromatic N) is 1. The second kappa shape index (κ2) is 5.36. The van der Waals surface area contributed by atoms with Gasteiger partial charge in [-0.15, -0.1) is 0 Å². The molecule has 0 spiro atoms. The zero-order valence-electron chi connectivity index (χ0n) is 8.16. The van der Waals surface area contributed by atoms with Crippen molar-refractivity contribution in [2.75, 3.05) is 11.1 Å². The van der Waals surface area contributed by atoms with Gasteiger partial charge in [0.2, 0.25) is 0 Å². The molecule has 1 atom stereocenters. The van der Waals surface area contributed by atoms with Gasteiger partial charge in [0.15, 0.2) is 0 Å². The van der Waals surface area contributed by atoms with Gasteiger partial charge < -0.3 is 10.4 Å². The highest BCUT2D eigenvalue weighted by atomic mass is 32.1. The van der Waals surface area contributed by atoms with Crippen LogP contribution in [-0.2, 0) is 4.79 Å². The number of nitro benzene ring substituents is 1. The maximum atomic E-state index is 10.7. The third kappa shape index (κ3) is 2.86. The van der Waals surface area contributed by atoms with Gasteiger partial charge >= 0.3 is 5.97 Å².